The lowest BCUT2D eigenvalue weighted by Crippen LogP contribution is -2.28. The molecule has 0 saturated heterocycles. The molecule has 1 saturated carbocycles. The summed E-state index contributed by atoms with van der Waals surface area (Å²) in [4.78, 5) is 12.2. The number of nitrogens with one attached hydrogen (secondary N) is 1. The van der Waals surface area contributed by atoms with Gasteiger partial charge in [0.15, 0.2) is 0 Å². The van der Waals surface area contributed by atoms with E-state index in [2.05, 4.69) is 31.2 Å². The summed E-state index contributed by atoms with van der Waals surface area (Å²) in [5.41, 5.74) is 0.464. The Morgan fingerprint density at radius 2 is 2.14 bits per heavy atom. The Bertz CT molecular complexity index is 527. The summed E-state index contributed by atoms with van der Waals surface area (Å²) in [7, 11) is 0. The van der Waals surface area contributed by atoms with E-state index >= 15 is 0 Å². The lowest BCUT2D eigenvalue weighted by atomic mass is 9.80. The van der Waals surface area contributed by atoms with Gasteiger partial charge in [0.2, 0.25) is 0 Å². The summed E-state index contributed by atoms with van der Waals surface area (Å²) in [6.07, 6.45) is 6.88. The van der Waals surface area contributed by atoms with Crippen LogP contribution in [-0.4, -0.2) is 16.3 Å². The Morgan fingerprint density at radius 3 is 2.81 bits per heavy atom. The van der Waals surface area contributed by atoms with E-state index in [1.165, 1.54) is 30.4 Å². The first-order valence-corrected chi connectivity index (χ1v) is 8.36. The van der Waals surface area contributed by atoms with E-state index < -0.39 is 0 Å². The quantitative estimate of drug-likeness (QED) is 0.900. The van der Waals surface area contributed by atoms with E-state index in [9.17, 15) is 4.79 Å². The van der Waals surface area contributed by atoms with E-state index in [0.29, 0.717) is 24.1 Å². The van der Waals surface area contributed by atoms with Gasteiger partial charge in [-0.1, -0.05) is 51.6 Å². The molecule has 2 rings (SSSR count). The van der Waals surface area contributed by atoms with Gasteiger partial charge in [-0.25, -0.2) is 4.68 Å². The van der Waals surface area contributed by atoms with E-state index in [-0.39, 0.29) is 10.6 Å². The van der Waals surface area contributed by atoms with Crippen LogP contribution < -0.4 is 10.9 Å². The van der Waals surface area contributed by atoms with Gasteiger partial charge in [0.25, 0.3) is 5.56 Å². The Morgan fingerprint density at radius 1 is 1.43 bits per heavy atom. The minimum atomic E-state index is -0.202. The summed E-state index contributed by atoms with van der Waals surface area (Å²) in [6.45, 7) is 7.89. The maximum Gasteiger partial charge on any atom is 0.287 e. The fourth-order valence-corrected chi connectivity index (χ4v) is 3.21. The average Bonchev–Trinajstić information content (AvgIpc) is 2.44. The van der Waals surface area contributed by atoms with Gasteiger partial charge in [-0.15, -0.1) is 0 Å². The summed E-state index contributed by atoms with van der Waals surface area (Å²) < 4.78 is 1.45. The van der Waals surface area contributed by atoms with Crippen LogP contribution in [0.4, 0.5) is 5.69 Å². The van der Waals surface area contributed by atoms with Crippen molar-refractivity contribution in [2.45, 2.75) is 53.0 Å². The molecule has 1 aliphatic carbocycles. The lowest BCUT2D eigenvalue weighted by Gasteiger charge is -2.29. The Hall–Kier alpha value is -1.03. The van der Waals surface area contributed by atoms with Crippen molar-refractivity contribution in [1.29, 1.82) is 0 Å². The number of aromatic nitrogens is 2. The molecule has 0 bridgehead atoms. The van der Waals surface area contributed by atoms with Gasteiger partial charge in [0.05, 0.1) is 11.9 Å². The van der Waals surface area contributed by atoms with Crippen LogP contribution >= 0.6 is 11.6 Å². The Balaban J connectivity index is 2.03. The number of nitrogens with zero attached hydrogens (tertiary/aromatic N) is 2. The molecule has 0 aromatic carbocycles. The van der Waals surface area contributed by atoms with Crippen LogP contribution in [0.25, 0.3) is 0 Å². The Labute approximate surface area is 131 Å². The number of rotatable bonds is 5. The zero-order valence-corrected chi connectivity index (χ0v) is 14.0. The second-order valence-electron chi connectivity index (χ2n) is 6.66. The molecule has 0 amide bonds. The molecule has 4 nitrogen and oxygen atoms in total. The largest absolute Gasteiger partial charge is 0.382 e. The van der Waals surface area contributed by atoms with Gasteiger partial charge in [-0.2, -0.15) is 5.10 Å². The highest BCUT2D eigenvalue weighted by Gasteiger charge is 2.21. The molecule has 1 N–H and O–H groups in total. The first-order chi connectivity index (χ1) is 9.99. The van der Waals surface area contributed by atoms with Crippen LogP contribution in [-0.2, 0) is 6.54 Å². The van der Waals surface area contributed by atoms with Gasteiger partial charge in [0.1, 0.15) is 5.02 Å². The van der Waals surface area contributed by atoms with Crippen molar-refractivity contribution in [3.05, 3.63) is 21.6 Å². The summed E-state index contributed by atoms with van der Waals surface area (Å²) in [6, 6.07) is 0. The molecule has 21 heavy (non-hydrogen) atoms. The molecule has 2 atom stereocenters. The monoisotopic (exact) mass is 311 g/mol. The fourth-order valence-electron chi connectivity index (χ4n) is 3.00. The van der Waals surface area contributed by atoms with E-state index in [4.69, 9.17) is 11.6 Å². The van der Waals surface area contributed by atoms with Crippen LogP contribution in [0.2, 0.25) is 5.02 Å². The molecule has 1 aromatic heterocycles. The smallest absolute Gasteiger partial charge is 0.287 e. The van der Waals surface area contributed by atoms with Crippen molar-refractivity contribution in [2.75, 3.05) is 11.9 Å². The van der Waals surface area contributed by atoms with Crippen molar-refractivity contribution < 1.29 is 0 Å². The van der Waals surface area contributed by atoms with Crippen LogP contribution in [0, 0.1) is 17.8 Å². The molecule has 1 heterocycles. The van der Waals surface area contributed by atoms with Crippen LogP contribution in [0.15, 0.2) is 11.0 Å². The maximum absolute atomic E-state index is 12.2. The molecule has 2 unspecified atom stereocenters. The van der Waals surface area contributed by atoms with Crippen molar-refractivity contribution in [3.8, 4) is 0 Å². The molecule has 1 fully saturated rings. The lowest BCUT2D eigenvalue weighted by molar-refractivity contribution is 0.268. The normalized spacial score (nSPS) is 22.5. The van der Waals surface area contributed by atoms with Gasteiger partial charge in [-0.3, -0.25) is 4.79 Å². The minimum Gasteiger partial charge on any atom is -0.382 e. The molecule has 5 heteroatoms. The van der Waals surface area contributed by atoms with Crippen LogP contribution in [0.5, 0.6) is 0 Å². The van der Waals surface area contributed by atoms with Crippen molar-refractivity contribution in [1.82, 2.24) is 9.78 Å². The van der Waals surface area contributed by atoms with Gasteiger partial charge >= 0.3 is 0 Å². The predicted molar refractivity (Wildman–Crippen MR) is 88.0 cm³/mol. The van der Waals surface area contributed by atoms with E-state index in [1.807, 2.05) is 0 Å². The SMILES string of the molecule is CC(C)Cn1ncc(NCC2CCCCC2C)c(Cl)c1=O. The van der Waals surface area contributed by atoms with Gasteiger partial charge in [-0.05, 0) is 24.2 Å². The van der Waals surface area contributed by atoms with Crippen molar-refractivity contribution in [3.63, 3.8) is 0 Å². The third kappa shape index (κ3) is 4.22. The standard InChI is InChI=1S/C16H26ClN3O/c1-11(2)10-20-16(21)15(17)14(9-19-20)18-8-13-7-5-4-6-12(13)3/h9,11-13,18H,4-8,10H2,1-3H3. The summed E-state index contributed by atoms with van der Waals surface area (Å²) in [5.74, 6) is 1.76. The highest BCUT2D eigenvalue weighted by molar-refractivity contribution is 6.32. The number of hydrogen-bond acceptors (Lipinski definition) is 3. The molecule has 0 spiro atoms. The second kappa shape index (κ2) is 7.30. The third-order valence-corrected chi connectivity index (χ3v) is 4.73. The zero-order chi connectivity index (χ0) is 15.4. The molecule has 0 radical (unpaired) electrons. The first kappa shape index (κ1) is 16.3. The predicted octanol–water partition coefficient (Wildman–Crippen LogP) is 3.79. The highest BCUT2D eigenvalue weighted by atomic mass is 35.5. The molecular weight excluding hydrogens is 286 g/mol. The molecule has 1 aliphatic rings. The van der Waals surface area contributed by atoms with Gasteiger partial charge < -0.3 is 5.32 Å². The molecule has 0 aliphatic heterocycles. The summed E-state index contributed by atoms with van der Waals surface area (Å²) >= 11 is 6.20. The highest BCUT2D eigenvalue weighted by Crippen LogP contribution is 2.30. The first-order valence-electron chi connectivity index (χ1n) is 7.98. The van der Waals surface area contributed by atoms with E-state index in [0.717, 1.165) is 12.5 Å². The number of halogens is 1. The topological polar surface area (TPSA) is 46.9 Å². The molecule has 118 valence electrons. The number of anilines is 1. The minimum absolute atomic E-state index is 0.202. The molecular formula is C16H26ClN3O. The summed E-state index contributed by atoms with van der Waals surface area (Å²) in [5, 5.41) is 7.80. The van der Waals surface area contributed by atoms with Gasteiger partial charge in [0, 0.05) is 13.1 Å². The van der Waals surface area contributed by atoms with Crippen LogP contribution in [0.3, 0.4) is 0 Å². The fraction of sp³-hybridized carbons (Fsp3) is 0.750. The zero-order valence-electron chi connectivity index (χ0n) is 13.2. The Kier molecular flexibility index (Phi) is 5.68. The third-order valence-electron chi connectivity index (χ3n) is 4.37. The van der Waals surface area contributed by atoms with Crippen molar-refractivity contribution >= 4 is 17.3 Å². The molecule has 1 aromatic rings. The van der Waals surface area contributed by atoms with E-state index in [1.54, 1.807) is 6.20 Å². The number of hydrogen-bond donors (Lipinski definition) is 1. The van der Waals surface area contributed by atoms with Crippen LogP contribution in [0.1, 0.15) is 46.5 Å². The average molecular weight is 312 g/mol. The maximum atomic E-state index is 12.2. The van der Waals surface area contributed by atoms with Crippen molar-refractivity contribution in [2.24, 2.45) is 17.8 Å². The second-order valence-corrected chi connectivity index (χ2v) is 7.03.